The number of hydrogen-bond donors (Lipinski definition) is 1. The zero-order valence-electron chi connectivity index (χ0n) is 9.96. The first-order valence-corrected chi connectivity index (χ1v) is 5.95. The van der Waals surface area contributed by atoms with Crippen LogP contribution in [0.3, 0.4) is 0 Å². The first kappa shape index (κ1) is 11.2. The van der Waals surface area contributed by atoms with Crippen molar-refractivity contribution in [2.75, 3.05) is 0 Å². The molecule has 0 saturated carbocycles. The second-order valence-electron chi connectivity index (χ2n) is 4.77. The summed E-state index contributed by atoms with van der Waals surface area (Å²) < 4.78 is 0. The Kier molecular flexibility index (Phi) is 2.98. The van der Waals surface area contributed by atoms with Crippen LogP contribution in [-0.4, -0.2) is 11.6 Å². The molecule has 2 heteroatoms. The van der Waals surface area contributed by atoms with Gasteiger partial charge in [-0.15, -0.1) is 0 Å². The normalized spacial score (nSPS) is 18.8. The van der Waals surface area contributed by atoms with Crippen molar-refractivity contribution in [3.05, 3.63) is 35.4 Å². The van der Waals surface area contributed by atoms with Gasteiger partial charge in [0.05, 0.1) is 6.07 Å². The molecule has 2 nitrogen and oxygen atoms in total. The summed E-state index contributed by atoms with van der Waals surface area (Å²) in [5.74, 6) is 0. The number of benzene rings is 1. The van der Waals surface area contributed by atoms with E-state index in [1.807, 2.05) is 0 Å². The highest BCUT2D eigenvalue weighted by atomic mass is 15.0. The van der Waals surface area contributed by atoms with Crippen LogP contribution in [0.4, 0.5) is 0 Å². The lowest BCUT2D eigenvalue weighted by atomic mass is 9.96. The molecule has 0 heterocycles. The van der Waals surface area contributed by atoms with Crippen LogP contribution in [0, 0.1) is 11.3 Å². The maximum absolute atomic E-state index is 9.42. The van der Waals surface area contributed by atoms with Crippen molar-refractivity contribution in [3.63, 3.8) is 0 Å². The van der Waals surface area contributed by atoms with E-state index in [2.05, 4.69) is 49.5 Å². The van der Waals surface area contributed by atoms with E-state index in [-0.39, 0.29) is 5.54 Å². The van der Waals surface area contributed by atoms with E-state index in [0.29, 0.717) is 6.04 Å². The molecule has 0 spiro atoms. The summed E-state index contributed by atoms with van der Waals surface area (Å²) in [6, 6.07) is 11.2. The van der Waals surface area contributed by atoms with Crippen LogP contribution in [-0.2, 0) is 12.8 Å². The fourth-order valence-electron chi connectivity index (χ4n) is 2.40. The average molecular weight is 214 g/mol. The van der Waals surface area contributed by atoms with Gasteiger partial charge >= 0.3 is 0 Å². The lowest BCUT2D eigenvalue weighted by Gasteiger charge is -2.26. The molecule has 0 aromatic heterocycles. The van der Waals surface area contributed by atoms with Gasteiger partial charge in [0, 0.05) is 18.9 Å². The summed E-state index contributed by atoms with van der Waals surface area (Å²) in [7, 11) is 0. The summed E-state index contributed by atoms with van der Waals surface area (Å²) in [6.07, 6.45) is 2.73. The van der Waals surface area contributed by atoms with Crippen molar-refractivity contribution in [2.24, 2.45) is 0 Å². The van der Waals surface area contributed by atoms with Gasteiger partial charge in [-0.05, 0) is 24.5 Å². The highest BCUT2D eigenvalue weighted by molar-refractivity contribution is 5.39. The Morgan fingerprint density at radius 3 is 2.38 bits per heavy atom. The zero-order valence-corrected chi connectivity index (χ0v) is 9.96. The van der Waals surface area contributed by atoms with E-state index in [1.54, 1.807) is 0 Å². The summed E-state index contributed by atoms with van der Waals surface area (Å²) in [4.78, 5) is 0. The van der Waals surface area contributed by atoms with Crippen molar-refractivity contribution in [1.82, 2.24) is 5.32 Å². The van der Waals surface area contributed by atoms with E-state index in [0.717, 1.165) is 19.3 Å². The molecule has 2 rings (SSSR count). The second kappa shape index (κ2) is 4.27. The number of fused-ring (bicyclic) bond motifs is 1. The summed E-state index contributed by atoms with van der Waals surface area (Å²) in [6.45, 7) is 4.28. The fraction of sp³-hybridized carbons (Fsp3) is 0.500. The number of nitriles is 1. The molecule has 0 aliphatic heterocycles. The molecule has 16 heavy (non-hydrogen) atoms. The lowest BCUT2D eigenvalue weighted by molar-refractivity contribution is 0.372. The third kappa shape index (κ3) is 1.96. The molecule has 1 aromatic rings. The molecule has 1 unspecified atom stereocenters. The molecule has 0 amide bonds. The molecule has 0 saturated heterocycles. The van der Waals surface area contributed by atoms with Crippen molar-refractivity contribution in [3.8, 4) is 6.07 Å². The van der Waals surface area contributed by atoms with Crippen LogP contribution < -0.4 is 5.32 Å². The monoisotopic (exact) mass is 214 g/mol. The van der Waals surface area contributed by atoms with Crippen LogP contribution in [0.15, 0.2) is 24.3 Å². The molecule has 84 valence electrons. The van der Waals surface area contributed by atoms with Crippen molar-refractivity contribution >= 4 is 0 Å². The molecule has 1 aromatic carbocycles. The summed E-state index contributed by atoms with van der Waals surface area (Å²) >= 11 is 0. The first-order chi connectivity index (χ1) is 7.69. The Balaban J connectivity index is 2.20. The van der Waals surface area contributed by atoms with E-state index in [9.17, 15) is 5.26 Å². The van der Waals surface area contributed by atoms with Gasteiger partial charge < -0.3 is 0 Å². The molecule has 0 bridgehead atoms. The van der Waals surface area contributed by atoms with Crippen LogP contribution in [0.5, 0.6) is 0 Å². The van der Waals surface area contributed by atoms with Gasteiger partial charge in [-0.2, -0.15) is 5.26 Å². The Hall–Kier alpha value is -1.33. The molecular weight excluding hydrogens is 196 g/mol. The number of rotatable bonds is 3. The van der Waals surface area contributed by atoms with Gasteiger partial charge in [-0.25, -0.2) is 0 Å². The van der Waals surface area contributed by atoms with Gasteiger partial charge in [0.2, 0.25) is 0 Å². The Bertz CT molecular complexity index is 392. The molecule has 1 atom stereocenters. The maximum atomic E-state index is 9.42. The third-order valence-electron chi connectivity index (χ3n) is 3.45. The SMILES string of the molecule is CCC(C)NC1(C#N)Cc2ccccc2C1. The van der Waals surface area contributed by atoms with E-state index >= 15 is 0 Å². The van der Waals surface area contributed by atoms with Crippen LogP contribution in [0.2, 0.25) is 0 Å². The van der Waals surface area contributed by atoms with Gasteiger partial charge in [0.25, 0.3) is 0 Å². The van der Waals surface area contributed by atoms with Gasteiger partial charge in [0.15, 0.2) is 0 Å². The molecule has 1 aliphatic rings. The Morgan fingerprint density at radius 1 is 1.38 bits per heavy atom. The summed E-state index contributed by atoms with van der Waals surface area (Å²) in [5.41, 5.74) is 2.26. The van der Waals surface area contributed by atoms with E-state index < -0.39 is 0 Å². The minimum atomic E-state index is -0.376. The quantitative estimate of drug-likeness (QED) is 0.839. The van der Waals surface area contributed by atoms with Gasteiger partial charge in [-0.1, -0.05) is 31.2 Å². The van der Waals surface area contributed by atoms with Crippen LogP contribution in [0.25, 0.3) is 0 Å². The first-order valence-electron chi connectivity index (χ1n) is 5.95. The molecule has 0 fully saturated rings. The minimum Gasteiger partial charge on any atom is -0.296 e. The largest absolute Gasteiger partial charge is 0.296 e. The standard InChI is InChI=1S/C14H18N2/c1-3-11(2)16-14(10-15)8-12-6-4-5-7-13(12)9-14/h4-7,11,16H,3,8-9H2,1-2H3. The zero-order chi connectivity index (χ0) is 11.6. The predicted molar refractivity (Wildman–Crippen MR) is 65.1 cm³/mol. The topological polar surface area (TPSA) is 35.8 Å². The minimum absolute atomic E-state index is 0.376. The average Bonchev–Trinajstić information content (AvgIpc) is 2.67. The fourth-order valence-corrected chi connectivity index (χ4v) is 2.40. The van der Waals surface area contributed by atoms with Gasteiger partial charge in [0.1, 0.15) is 5.54 Å². The van der Waals surface area contributed by atoms with E-state index in [1.165, 1.54) is 11.1 Å². The van der Waals surface area contributed by atoms with Gasteiger partial charge in [-0.3, -0.25) is 5.32 Å². The smallest absolute Gasteiger partial charge is 0.115 e. The lowest BCUT2D eigenvalue weighted by Crippen LogP contribution is -2.49. The third-order valence-corrected chi connectivity index (χ3v) is 3.45. The van der Waals surface area contributed by atoms with Crippen LogP contribution >= 0.6 is 0 Å². The van der Waals surface area contributed by atoms with Crippen molar-refractivity contribution in [2.45, 2.75) is 44.7 Å². The number of hydrogen-bond acceptors (Lipinski definition) is 2. The Labute approximate surface area is 97.3 Å². The number of nitrogens with one attached hydrogen (secondary N) is 1. The molecule has 1 aliphatic carbocycles. The highest BCUT2D eigenvalue weighted by Gasteiger charge is 2.37. The second-order valence-corrected chi connectivity index (χ2v) is 4.77. The highest BCUT2D eigenvalue weighted by Crippen LogP contribution is 2.30. The van der Waals surface area contributed by atoms with Crippen molar-refractivity contribution < 1.29 is 0 Å². The molecule has 0 radical (unpaired) electrons. The molecule has 1 N–H and O–H groups in total. The summed E-state index contributed by atoms with van der Waals surface area (Å²) in [5, 5.41) is 12.9. The Morgan fingerprint density at radius 2 is 1.94 bits per heavy atom. The molecular formula is C14H18N2. The number of nitrogens with zero attached hydrogens (tertiary/aromatic N) is 1. The maximum Gasteiger partial charge on any atom is 0.115 e. The predicted octanol–water partition coefficient (Wildman–Crippen LogP) is 2.44. The van der Waals surface area contributed by atoms with Crippen molar-refractivity contribution in [1.29, 1.82) is 5.26 Å². The van der Waals surface area contributed by atoms with Crippen LogP contribution in [0.1, 0.15) is 31.4 Å². The van der Waals surface area contributed by atoms with E-state index in [4.69, 9.17) is 0 Å².